The summed E-state index contributed by atoms with van der Waals surface area (Å²) < 4.78 is 17.9. The third kappa shape index (κ3) is 7.07. The van der Waals surface area contributed by atoms with Gasteiger partial charge in [0.1, 0.15) is 12.1 Å². The number of esters is 1. The van der Waals surface area contributed by atoms with Gasteiger partial charge in [0.2, 0.25) is 0 Å². The smallest absolute Gasteiger partial charge is 0.305 e. The number of hydrogen-bond acceptors (Lipinski definition) is 8. The molecule has 1 aromatic heterocycles. The van der Waals surface area contributed by atoms with E-state index in [4.69, 9.17) is 14.2 Å². The average Bonchev–Trinajstić information content (AvgIpc) is 2.88. The van der Waals surface area contributed by atoms with E-state index < -0.39 is 0 Å². The molecule has 9 heteroatoms. The Morgan fingerprint density at radius 2 is 2.00 bits per heavy atom. The molecule has 0 radical (unpaired) electrons. The van der Waals surface area contributed by atoms with Crippen molar-refractivity contribution in [2.45, 2.75) is 32.6 Å². The van der Waals surface area contributed by atoms with Gasteiger partial charge in [-0.3, -0.25) is 4.79 Å². The number of piperidine rings is 1. The van der Waals surface area contributed by atoms with Crippen LogP contribution in [0.4, 0.5) is 11.5 Å². The van der Waals surface area contributed by atoms with Crippen molar-refractivity contribution in [2.75, 3.05) is 45.3 Å². The van der Waals surface area contributed by atoms with Crippen LogP contribution >= 0.6 is 15.9 Å². The number of benzene rings is 2. The predicted octanol–water partition coefficient (Wildman–Crippen LogP) is 5.58. The molecule has 3 aromatic rings. The molecule has 4 rings (SSSR count). The third-order valence-corrected chi connectivity index (χ3v) is 6.84. The molecular weight excluding hydrogens is 524 g/mol. The average molecular weight is 557 g/mol. The molecule has 2 heterocycles. The summed E-state index contributed by atoms with van der Waals surface area (Å²) in [5.74, 6) is 2.42. The standard InChI is InChI=1S/C27H33BrN4O4/c1-3-35-26(33)8-5-11-32-12-9-19(10-13-32)17-36-25-15-22-23(16-24(25)34-2)29-18-30-27(22)31-21-7-4-6-20(28)14-21/h4,6-7,14-16,18-19H,3,5,8-13,17H2,1-2H3,(H,29,30,31). The molecule has 1 N–H and O–H groups in total. The number of carbonyl (C=O) groups is 1. The lowest BCUT2D eigenvalue weighted by Gasteiger charge is -2.31. The van der Waals surface area contributed by atoms with E-state index >= 15 is 0 Å². The fraction of sp³-hybridized carbons (Fsp3) is 0.444. The van der Waals surface area contributed by atoms with Gasteiger partial charge in [-0.25, -0.2) is 9.97 Å². The van der Waals surface area contributed by atoms with Gasteiger partial charge in [0.25, 0.3) is 0 Å². The number of anilines is 2. The van der Waals surface area contributed by atoms with Gasteiger partial charge in [0.05, 0.1) is 25.8 Å². The number of nitrogens with one attached hydrogen (secondary N) is 1. The molecule has 0 spiro atoms. The Balaban J connectivity index is 1.36. The van der Waals surface area contributed by atoms with E-state index in [-0.39, 0.29) is 5.97 Å². The fourth-order valence-electron chi connectivity index (χ4n) is 4.40. The summed E-state index contributed by atoms with van der Waals surface area (Å²) in [6.45, 7) is 5.87. The monoisotopic (exact) mass is 556 g/mol. The summed E-state index contributed by atoms with van der Waals surface area (Å²) in [4.78, 5) is 22.8. The number of nitrogens with zero attached hydrogens (tertiary/aromatic N) is 3. The maximum absolute atomic E-state index is 11.5. The minimum absolute atomic E-state index is 0.106. The van der Waals surface area contributed by atoms with Crippen LogP contribution in [0.5, 0.6) is 11.5 Å². The first-order chi connectivity index (χ1) is 17.6. The normalized spacial score (nSPS) is 14.5. The van der Waals surface area contributed by atoms with Crippen LogP contribution in [0.2, 0.25) is 0 Å². The summed E-state index contributed by atoms with van der Waals surface area (Å²) in [5.41, 5.74) is 1.71. The number of ether oxygens (including phenoxy) is 3. The molecule has 0 aliphatic carbocycles. The van der Waals surface area contributed by atoms with Crippen molar-refractivity contribution >= 4 is 44.3 Å². The molecule has 0 unspecified atom stereocenters. The molecule has 1 aliphatic rings. The highest BCUT2D eigenvalue weighted by atomic mass is 79.9. The number of rotatable bonds is 11. The third-order valence-electron chi connectivity index (χ3n) is 6.35. The fourth-order valence-corrected chi connectivity index (χ4v) is 4.80. The summed E-state index contributed by atoms with van der Waals surface area (Å²) in [6.07, 6.45) is 5.00. The van der Waals surface area contributed by atoms with Crippen molar-refractivity contribution in [1.82, 2.24) is 14.9 Å². The summed E-state index contributed by atoms with van der Waals surface area (Å²) in [5, 5.41) is 4.25. The first-order valence-electron chi connectivity index (χ1n) is 12.4. The summed E-state index contributed by atoms with van der Waals surface area (Å²) in [7, 11) is 1.64. The van der Waals surface area contributed by atoms with E-state index in [2.05, 4.69) is 36.1 Å². The first-order valence-corrected chi connectivity index (χ1v) is 13.2. The topological polar surface area (TPSA) is 85.8 Å². The number of aromatic nitrogens is 2. The quantitative estimate of drug-likeness (QED) is 0.306. The Morgan fingerprint density at radius 3 is 2.75 bits per heavy atom. The van der Waals surface area contributed by atoms with Crippen LogP contribution in [-0.2, 0) is 9.53 Å². The van der Waals surface area contributed by atoms with Gasteiger partial charge in [0, 0.05) is 28.0 Å². The second-order valence-electron chi connectivity index (χ2n) is 8.88. The summed E-state index contributed by atoms with van der Waals surface area (Å²) in [6, 6.07) is 11.8. The lowest BCUT2D eigenvalue weighted by atomic mass is 9.97. The maximum Gasteiger partial charge on any atom is 0.305 e. The highest BCUT2D eigenvalue weighted by Gasteiger charge is 2.21. The van der Waals surface area contributed by atoms with Crippen molar-refractivity contribution in [3.8, 4) is 11.5 Å². The van der Waals surface area contributed by atoms with Crippen molar-refractivity contribution in [3.05, 3.63) is 47.2 Å². The number of fused-ring (bicyclic) bond motifs is 1. The lowest BCUT2D eigenvalue weighted by Crippen LogP contribution is -2.36. The zero-order valence-electron chi connectivity index (χ0n) is 20.8. The van der Waals surface area contributed by atoms with Gasteiger partial charge < -0.3 is 24.4 Å². The second-order valence-corrected chi connectivity index (χ2v) is 9.80. The van der Waals surface area contributed by atoms with Gasteiger partial charge >= 0.3 is 5.97 Å². The van der Waals surface area contributed by atoms with Crippen LogP contribution in [0.1, 0.15) is 32.6 Å². The van der Waals surface area contributed by atoms with Crippen LogP contribution in [0.3, 0.4) is 0 Å². The van der Waals surface area contributed by atoms with Crippen molar-refractivity contribution < 1.29 is 19.0 Å². The zero-order chi connectivity index (χ0) is 25.3. The van der Waals surface area contributed by atoms with Crippen molar-refractivity contribution in [3.63, 3.8) is 0 Å². The number of likely N-dealkylation sites (tertiary alicyclic amines) is 1. The largest absolute Gasteiger partial charge is 0.493 e. The van der Waals surface area contributed by atoms with Crippen LogP contribution < -0.4 is 14.8 Å². The minimum Gasteiger partial charge on any atom is -0.493 e. The van der Waals surface area contributed by atoms with E-state index in [0.717, 1.165) is 60.0 Å². The zero-order valence-corrected chi connectivity index (χ0v) is 22.4. The summed E-state index contributed by atoms with van der Waals surface area (Å²) >= 11 is 3.51. The Labute approximate surface area is 220 Å². The van der Waals surface area contributed by atoms with Crippen molar-refractivity contribution in [2.24, 2.45) is 5.92 Å². The molecule has 0 amide bonds. The maximum atomic E-state index is 11.5. The number of halogens is 1. The van der Waals surface area contributed by atoms with E-state index in [1.165, 1.54) is 0 Å². The molecule has 0 atom stereocenters. The molecule has 1 saturated heterocycles. The van der Waals surface area contributed by atoms with Gasteiger partial charge in [0.15, 0.2) is 11.5 Å². The number of carbonyl (C=O) groups excluding carboxylic acids is 1. The van der Waals surface area contributed by atoms with Crippen LogP contribution in [0, 0.1) is 5.92 Å². The van der Waals surface area contributed by atoms with Crippen LogP contribution in [-0.4, -0.2) is 60.8 Å². The molecule has 2 aromatic carbocycles. The Kier molecular flexibility index (Phi) is 9.35. The van der Waals surface area contributed by atoms with E-state index in [1.54, 1.807) is 13.4 Å². The van der Waals surface area contributed by atoms with E-state index in [1.807, 2.05) is 43.3 Å². The molecule has 1 fully saturated rings. The molecule has 8 nitrogen and oxygen atoms in total. The van der Waals surface area contributed by atoms with Gasteiger partial charge in [-0.15, -0.1) is 0 Å². The highest BCUT2D eigenvalue weighted by Crippen LogP contribution is 2.35. The van der Waals surface area contributed by atoms with Gasteiger partial charge in [-0.05, 0) is 76.0 Å². The predicted molar refractivity (Wildman–Crippen MR) is 144 cm³/mol. The van der Waals surface area contributed by atoms with Crippen LogP contribution in [0.25, 0.3) is 10.9 Å². The molecule has 1 aliphatic heterocycles. The SMILES string of the molecule is CCOC(=O)CCCN1CCC(COc2cc3c(Nc4cccc(Br)c4)ncnc3cc2OC)CC1. The van der Waals surface area contributed by atoms with E-state index in [0.29, 0.717) is 42.9 Å². The molecular formula is C27H33BrN4O4. The van der Waals surface area contributed by atoms with E-state index in [9.17, 15) is 4.79 Å². The number of hydrogen-bond donors (Lipinski definition) is 1. The van der Waals surface area contributed by atoms with Crippen molar-refractivity contribution in [1.29, 1.82) is 0 Å². The first kappa shape index (κ1) is 26.2. The number of methoxy groups -OCH3 is 1. The van der Waals surface area contributed by atoms with Crippen LogP contribution in [0.15, 0.2) is 47.2 Å². The molecule has 0 bridgehead atoms. The molecule has 0 saturated carbocycles. The Morgan fingerprint density at radius 1 is 1.17 bits per heavy atom. The van der Waals surface area contributed by atoms with Gasteiger partial charge in [-0.2, -0.15) is 0 Å². The molecule has 192 valence electrons. The van der Waals surface area contributed by atoms with Gasteiger partial charge in [-0.1, -0.05) is 22.0 Å². The Bertz CT molecular complexity index is 1170. The minimum atomic E-state index is -0.106. The lowest BCUT2D eigenvalue weighted by molar-refractivity contribution is -0.143. The highest BCUT2D eigenvalue weighted by molar-refractivity contribution is 9.10. The molecule has 36 heavy (non-hydrogen) atoms. The second kappa shape index (κ2) is 12.9. The Hall–Kier alpha value is -2.91.